The molecule has 2 amide bonds. The molecular weight excluding hydrogens is 420 g/mol. The van der Waals surface area contributed by atoms with Crippen LogP contribution in [0.5, 0.6) is 0 Å². The molecule has 33 heavy (non-hydrogen) atoms. The van der Waals surface area contributed by atoms with E-state index in [1.54, 1.807) is 0 Å². The first kappa shape index (κ1) is 22.8. The number of amides is 2. The summed E-state index contributed by atoms with van der Waals surface area (Å²) >= 11 is 0. The Bertz CT molecular complexity index is 1000. The van der Waals surface area contributed by atoms with Gasteiger partial charge in [0.05, 0.1) is 12.0 Å². The van der Waals surface area contributed by atoms with Gasteiger partial charge in [-0.3, -0.25) is 9.59 Å². The molecule has 0 heterocycles. The van der Waals surface area contributed by atoms with Crippen LogP contribution in [0, 0.1) is 5.92 Å². The van der Waals surface area contributed by atoms with E-state index in [0.717, 1.165) is 17.5 Å². The molecule has 0 bridgehead atoms. The minimum Gasteiger partial charge on any atom is -0.481 e. The molecule has 2 aromatic rings. The summed E-state index contributed by atoms with van der Waals surface area (Å²) in [5.41, 5.74) is 4.05. The van der Waals surface area contributed by atoms with Crippen molar-refractivity contribution in [3.63, 3.8) is 0 Å². The number of carboxylic acid groups (broad SMARTS) is 1. The molecule has 0 radical (unpaired) electrons. The molecule has 3 N–H and O–H groups in total. The highest BCUT2D eigenvalue weighted by atomic mass is 16.5. The van der Waals surface area contributed by atoms with Crippen LogP contribution in [0.1, 0.15) is 56.1 Å². The number of ether oxygens (including phenoxy) is 1. The fraction of sp³-hybridized carbons (Fsp3) is 0.423. The van der Waals surface area contributed by atoms with E-state index in [1.165, 1.54) is 11.1 Å². The molecule has 174 valence electrons. The van der Waals surface area contributed by atoms with E-state index in [1.807, 2.05) is 31.2 Å². The molecule has 0 aromatic heterocycles. The Labute approximate surface area is 193 Å². The van der Waals surface area contributed by atoms with E-state index >= 15 is 0 Å². The third-order valence-electron chi connectivity index (χ3n) is 6.68. The highest BCUT2D eigenvalue weighted by Gasteiger charge is 2.40. The maximum Gasteiger partial charge on any atom is 0.407 e. The van der Waals surface area contributed by atoms with Crippen molar-refractivity contribution in [2.75, 3.05) is 13.2 Å². The van der Waals surface area contributed by atoms with Crippen LogP contribution in [0.4, 0.5) is 4.79 Å². The molecular formula is C26H30N2O5. The van der Waals surface area contributed by atoms with Gasteiger partial charge in [-0.15, -0.1) is 0 Å². The minimum absolute atomic E-state index is 0.000692. The Hall–Kier alpha value is -3.35. The van der Waals surface area contributed by atoms with Gasteiger partial charge >= 0.3 is 12.1 Å². The average Bonchev–Trinajstić information content (AvgIpc) is 3.08. The zero-order valence-electron chi connectivity index (χ0n) is 18.8. The zero-order chi connectivity index (χ0) is 23.4. The normalized spacial score (nSPS) is 16.6. The highest BCUT2D eigenvalue weighted by Crippen LogP contribution is 2.44. The van der Waals surface area contributed by atoms with Crippen LogP contribution in [-0.2, 0) is 14.3 Å². The van der Waals surface area contributed by atoms with Crippen molar-refractivity contribution < 1.29 is 24.2 Å². The molecule has 2 aromatic carbocycles. The van der Waals surface area contributed by atoms with E-state index in [4.69, 9.17) is 9.84 Å². The first-order valence-electron chi connectivity index (χ1n) is 11.5. The second-order valence-electron chi connectivity index (χ2n) is 9.27. The fourth-order valence-corrected chi connectivity index (χ4v) is 4.88. The summed E-state index contributed by atoms with van der Waals surface area (Å²) in [6.45, 7) is 2.41. The van der Waals surface area contributed by atoms with Crippen molar-refractivity contribution in [1.82, 2.24) is 10.6 Å². The Kier molecular flexibility index (Phi) is 6.67. The van der Waals surface area contributed by atoms with Crippen molar-refractivity contribution in [3.05, 3.63) is 59.7 Å². The first-order valence-corrected chi connectivity index (χ1v) is 11.5. The number of carbonyl (C=O) groups excluding carboxylic acids is 2. The molecule has 7 heteroatoms. The average molecular weight is 451 g/mol. The number of hydrogen-bond acceptors (Lipinski definition) is 4. The molecule has 4 rings (SSSR count). The fourth-order valence-electron chi connectivity index (χ4n) is 4.88. The largest absolute Gasteiger partial charge is 0.481 e. The molecule has 0 saturated heterocycles. The summed E-state index contributed by atoms with van der Waals surface area (Å²) in [4.78, 5) is 35.8. The number of carbonyl (C=O) groups is 3. The SMILES string of the molecule is CC(CNC(=O)OCC1c2ccccc2-c2ccccc21)CC(=O)NC1(CC(=O)O)CCC1. The van der Waals surface area contributed by atoms with Crippen LogP contribution in [0.3, 0.4) is 0 Å². The quantitative estimate of drug-likeness (QED) is 0.534. The van der Waals surface area contributed by atoms with E-state index in [-0.39, 0.29) is 37.2 Å². The molecule has 0 spiro atoms. The summed E-state index contributed by atoms with van der Waals surface area (Å²) in [6.07, 6.45) is 1.96. The maximum absolute atomic E-state index is 12.4. The smallest absolute Gasteiger partial charge is 0.407 e. The lowest BCUT2D eigenvalue weighted by Crippen LogP contribution is -2.55. The van der Waals surface area contributed by atoms with Gasteiger partial charge in [0.2, 0.25) is 5.91 Å². The third kappa shape index (κ3) is 5.18. The van der Waals surface area contributed by atoms with Crippen LogP contribution in [0.25, 0.3) is 11.1 Å². The molecule has 7 nitrogen and oxygen atoms in total. The lowest BCUT2D eigenvalue weighted by molar-refractivity contribution is -0.140. The van der Waals surface area contributed by atoms with E-state index in [9.17, 15) is 14.4 Å². The molecule has 1 atom stereocenters. The van der Waals surface area contributed by atoms with Crippen LogP contribution in [0.15, 0.2) is 48.5 Å². The van der Waals surface area contributed by atoms with Crippen LogP contribution in [0.2, 0.25) is 0 Å². The zero-order valence-corrected chi connectivity index (χ0v) is 18.8. The number of nitrogens with one attached hydrogen (secondary N) is 2. The van der Waals surface area contributed by atoms with Gasteiger partial charge in [-0.25, -0.2) is 4.79 Å². The van der Waals surface area contributed by atoms with Crippen molar-refractivity contribution in [2.45, 2.75) is 50.5 Å². The van der Waals surface area contributed by atoms with Crippen LogP contribution in [-0.4, -0.2) is 41.8 Å². The molecule has 1 unspecified atom stereocenters. The predicted octanol–water partition coefficient (Wildman–Crippen LogP) is 4.06. The number of carboxylic acids is 1. The summed E-state index contributed by atoms with van der Waals surface area (Å²) in [6, 6.07) is 16.3. The van der Waals surface area contributed by atoms with Gasteiger partial charge in [-0.05, 0) is 47.4 Å². The van der Waals surface area contributed by atoms with Gasteiger partial charge in [-0.2, -0.15) is 0 Å². The lowest BCUT2D eigenvalue weighted by Gasteiger charge is -2.41. The summed E-state index contributed by atoms with van der Waals surface area (Å²) in [5, 5.41) is 14.7. The predicted molar refractivity (Wildman–Crippen MR) is 124 cm³/mol. The summed E-state index contributed by atoms with van der Waals surface area (Å²) in [7, 11) is 0. The second-order valence-corrected chi connectivity index (χ2v) is 9.27. The van der Waals surface area contributed by atoms with Gasteiger partial charge < -0.3 is 20.5 Å². The van der Waals surface area contributed by atoms with Crippen molar-refractivity contribution in [2.24, 2.45) is 5.92 Å². The molecule has 0 aliphatic heterocycles. The van der Waals surface area contributed by atoms with Gasteiger partial charge in [0.1, 0.15) is 6.61 Å². The molecule has 2 aliphatic carbocycles. The van der Waals surface area contributed by atoms with Crippen LogP contribution >= 0.6 is 0 Å². The number of benzene rings is 2. The summed E-state index contributed by atoms with van der Waals surface area (Å²) in [5.74, 6) is -1.19. The van der Waals surface area contributed by atoms with Gasteiger partial charge in [0.25, 0.3) is 0 Å². The Morgan fingerprint density at radius 3 is 2.21 bits per heavy atom. The minimum atomic E-state index is -0.903. The standard InChI is InChI=1S/C26H30N2O5/c1-17(13-23(29)28-26(11-6-12-26)14-24(30)31)15-27-25(32)33-16-22-20-9-4-2-7-18(20)19-8-3-5-10-21(19)22/h2-5,7-10,17,22H,6,11-16H2,1H3,(H,27,32)(H,28,29)(H,30,31). The highest BCUT2D eigenvalue weighted by molar-refractivity contribution is 5.80. The molecule has 1 fully saturated rings. The summed E-state index contributed by atoms with van der Waals surface area (Å²) < 4.78 is 5.53. The van der Waals surface area contributed by atoms with Crippen LogP contribution < -0.4 is 10.6 Å². The monoisotopic (exact) mass is 450 g/mol. The van der Waals surface area contributed by atoms with Gasteiger partial charge in [0, 0.05) is 18.9 Å². The van der Waals surface area contributed by atoms with Gasteiger partial charge in [-0.1, -0.05) is 55.5 Å². The van der Waals surface area contributed by atoms with Crippen molar-refractivity contribution in [1.29, 1.82) is 0 Å². The number of rotatable bonds is 9. The third-order valence-corrected chi connectivity index (χ3v) is 6.68. The van der Waals surface area contributed by atoms with E-state index in [2.05, 4.69) is 34.9 Å². The molecule has 2 aliphatic rings. The van der Waals surface area contributed by atoms with Gasteiger partial charge in [0.15, 0.2) is 0 Å². The van der Waals surface area contributed by atoms with E-state index < -0.39 is 17.6 Å². The van der Waals surface area contributed by atoms with E-state index in [0.29, 0.717) is 19.4 Å². The number of fused-ring (bicyclic) bond motifs is 3. The first-order chi connectivity index (χ1) is 15.9. The Morgan fingerprint density at radius 1 is 1.06 bits per heavy atom. The maximum atomic E-state index is 12.4. The molecule has 1 saturated carbocycles. The number of aliphatic carboxylic acids is 1. The lowest BCUT2D eigenvalue weighted by atomic mass is 9.74. The Balaban J connectivity index is 1.24. The topological polar surface area (TPSA) is 105 Å². The number of alkyl carbamates (subject to hydrolysis) is 1. The van der Waals surface area contributed by atoms with Crippen molar-refractivity contribution >= 4 is 18.0 Å². The second kappa shape index (κ2) is 9.65. The number of hydrogen-bond donors (Lipinski definition) is 3. The van der Waals surface area contributed by atoms with Crippen molar-refractivity contribution in [3.8, 4) is 11.1 Å². The Morgan fingerprint density at radius 2 is 1.67 bits per heavy atom.